The van der Waals surface area contributed by atoms with Crippen molar-refractivity contribution in [2.45, 2.75) is 19.3 Å². The van der Waals surface area contributed by atoms with Crippen LogP contribution in [0.2, 0.25) is 5.02 Å². The molecule has 1 atom stereocenters. The minimum Gasteiger partial charge on any atom is -0.508 e. The lowest BCUT2D eigenvalue weighted by Crippen LogP contribution is -2.11. The molecule has 0 fully saturated rings. The van der Waals surface area contributed by atoms with Gasteiger partial charge in [0.2, 0.25) is 0 Å². The Morgan fingerprint density at radius 2 is 2.23 bits per heavy atom. The quantitative estimate of drug-likeness (QED) is 0.786. The Labute approximate surface area is 83.3 Å². The van der Waals surface area contributed by atoms with Gasteiger partial charge in [-0.3, -0.25) is 0 Å². The summed E-state index contributed by atoms with van der Waals surface area (Å²) in [5, 5.41) is 9.74. The van der Waals surface area contributed by atoms with E-state index in [-0.39, 0.29) is 11.7 Å². The van der Waals surface area contributed by atoms with Gasteiger partial charge in [-0.15, -0.1) is 0 Å². The van der Waals surface area contributed by atoms with Crippen molar-refractivity contribution in [3.63, 3.8) is 0 Å². The maximum absolute atomic E-state index is 9.15. The standard InChI is InChI=1S/C10H14ClNO/c1-2-7(6-12)9-4-3-8(13)5-10(9)11/h3-5,7,13H,2,6,12H2,1H3. The van der Waals surface area contributed by atoms with Crippen LogP contribution in [0.15, 0.2) is 18.2 Å². The van der Waals surface area contributed by atoms with Gasteiger partial charge in [-0.25, -0.2) is 0 Å². The van der Waals surface area contributed by atoms with Gasteiger partial charge in [0.1, 0.15) is 5.75 Å². The fraction of sp³-hybridized carbons (Fsp3) is 0.400. The van der Waals surface area contributed by atoms with E-state index in [4.69, 9.17) is 22.4 Å². The number of hydrogen-bond donors (Lipinski definition) is 2. The molecule has 0 aliphatic heterocycles. The van der Waals surface area contributed by atoms with Gasteiger partial charge in [-0.05, 0) is 36.6 Å². The van der Waals surface area contributed by atoms with E-state index in [0.717, 1.165) is 12.0 Å². The highest BCUT2D eigenvalue weighted by Gasteiger charge is 2.10. The second kappa shape index (κ2) is 4.49. The number of rotatable bonds is 3. The molecule has 0 bridgehead atoms. The molecule has 0 aliphatic rings. The van der Waals surface area contributed by atoms with E-state index in [2.05, 4.69) is 6.92 Å². The Kier molecular flexibility index (Phi) is 3.58. The summed E-state index contributed by atoms with van der Waals surface area (Å²) in [6.45, 7) is 2.65. The molecule has 0 aliphatic carbocycles. The summed E-state index contributed by atoms with van der Waals surface area (Å²) < 4.78 is 0. The van der Waals surface area contributed by atoms with Crippen LogP contribution in [0, 0.1) is 0 Å². The second-order valence-corrected chi connectivity index (χ2v) is 3.45. The van der Waals surface area contributed by atoms with E-state index in [1.54, 1.807) is 12.1 Å². The van der Waals surface area contributed by atoms with Crippen LogP contribution in [0.4, 0.5) is 0 Å². The summed E-state index contributed by atoms with van der Waals surface area (Å²) in [4.78, 5) is 0. The average molecular weight is 200 g/mol. The van der Waals surface area contributed by atoms with Gasteiger partial charge in [-0.2, -0.15) is 0 Å². The molecule has 0 radical (unpaired) electrons. The van der Waals surface area contributed by atoms with Crippen molar-refractivity contribution < 1.29 is 5.11 Å². The molecule has 3 N–H and O–H groups in total. The molecule has 3 heteroatoms. The van der Waals surface area contributed by atoms with Gasteiger partial charge < -0.3 is 10.8 Å². The van der Waals surface area contributed by atoms with Crippen LogP contribution in [0.1, 0.15) is 24.8 Å². The topological polar surface area (TPSA) is 46.2 Å². The molecule has 13 heavy (non-hydrogen) atoms. The second-order valence-electron chi connectivity index (χ2n) is 3.05. The Balaban J connectivity index is 2.99. The van der Waals surface area contributed by atoms with Crippen LogP contribution in [0.25, 0.3) is 0 Å². The molecule has 0 amide bonds. The van der Waals surface area contributed by atoms with Crippen LogP contribution in [-0.4, -0.2) is 11.7 Å². The zero-order valence-electron chi connectivity index (χ0n) is 7.63. The smallest absolute Gasteiger partial charge is 0.117 e. The van der Waals surface area contributed by atoms with Crippen molar-refractivity contribution in [1.29, 1.82) is 0 Å². The zero-order valence-corrected chi connectivity index (χ0v) is 8.38. The predicted octanol–water partition coefficient (Wildman–Crippen LogP) is 2.50. The minimum atomic E-state index is 0.195. The van der Waals surface area contributed by atoms with Crippen molar-refractivity contribution in [3.05, 3.63) is 28.8 Å². The van der Waals surface area contributed by atoms with Gasteiger partial charge in [0, 0.05) is 5.02 Å². The third kappa shape index (κ3) is 2.36. The van der Waals surface area contributed by atoms with E-state index < -0.39 is 0 Å². The molecule has 0 aromatic heterocycles. The van der Waals surface area contributed by atoms with Crippen LogP contribution in [0.3, 0.4) is 0 Å². The molecular formula is C10H14ClNO. The Hall–Kier alpha value is -0.730. The number of phenols is 1. The number of phenolic OH excluding ortho intramolecular Hbond substituents is 1. The molecule has 0 saturated carbocycles. The highest BCUT2D eigenvalue weighted by Crippen LogP contribution is 2.29. The molecule has 72 valence electrons. The van der Waals surface area contributed by atoms with Crippen molar-refractivity contribution >= 4 is 11.6 Å². The van der Waals surface area contributed by atoms with Crippen molar-refractivity contribution in [2.24, 2.45) is 5.73 Å². The third-order valence-electron chi connectivity index (χ3n) is 2.20. The summed E-state index contributed by atoms with van der Waals surface area (Å²) in [5.41, 5.74) is 6.62. The lowest BCUT2D eigenvalue weighted by molar-refractivity contribution is 0.475. The Bertz CT molecular complexity index is 284. The summed E-state index contributed by atoms with van der Waals surface area (Å²) in [5.74, 6) is 0.480. The minimum absolute atomic E-state index is 0.195. The van der Waals surface area contributed by atoms with E-state index >= 15 is 0 Å². The molecule has 1 aromatic carbocycles. The van der Waals surface area contributed by atoms with Crippen LogP contribution >= 0.6 is 11.6 Å². The number of nitrogens with two attached hydrogens (primary N) is 1. The van der Waals surface area contributed by atoms with Gasteiger partial charge in [0.25, 0.3) is 0 Å². The predicted molar refractivity (Wildman–Crippen MR) is 55.2 cm³/mol. The Morgan fingerprint density at radius 3 is 2.69 bits per heavy atom. The zero-order chi connectivity index (χ0) is 9.84. The molecule has 0 saturated heterocycles. The van der Waals surface area contributed by atoms with Gasteiger partial charge in [0.15, 0.2) is 0 Å². The number of hydrogen-bond acceptors (Lipinski definition) is 2. The molecule has 1 aromatic rings. The molecule has 1 rings (SSSR count). The van der Waals surface area contributed by atoms with E-state index in [1.165, 1.54) is 0 Å². The van der Waals surface area contributed by atoms with E-state index in [0.29, 0.717) is 11.6 Å². The maximum atomic E-state index is 9.15. The maximum Gasteiger partial charge on any atom is 0.117 e. The highest BCUT2D eigenvalue weighted by molar-refractivity contribution is 6.31. The number of halogens is 1. The first-order valence-electron chi connectivity index (χ1n) is 4.37. The van der Waals surface area contributed by atoms with Gasteiger partial charge in [0.05, 0.1) is 0 Å². The number of benzene rings is 1. The van der Waals surface area contributed by atoms with Crippen molar-refractivity contribution in [3.8, 4) is 5.75 Å². The summed E-state index contributed by atoms with van der Waals surface area (Å²) in [6, 6.07) is 5.02. The first-order chi connectivity index (χ1) is 6.19. The first kappa shape index (κ1) is 10.4. The molecule has 1 unspecified atom stereocenters. The summed E-state index contributed by atoms with van der Waals surface area (Å²) in [6.07, 6.45) is 0.959. The monoisotopic (exact) mass is 199 g/mol. The molecule has 2 nitrogen and oxygen atoms in total. The number of aromatic hydroxyl groups is 1. The van der Waals surface area contributed by atoms with Gasteiger partial charge in [-0.1, -0.05) is 24.6 Å². The fourth-order valence-electron chi connectivity index (χ4n) is 1.36. The van der Waals surface area contributed by atoms with Gasteiger partial charge >= 0.3 is 0 Å². The van der Waals surface area contributed by atoms with Crippen molar-refractivity contribution in [2.75, 3.05) is 6.54 Å². The SMILES string of the molecule is CCC(CN)c1ccc(O)cc1Cl. The lowest BCUT2D eigenvalue weighted by Gasteiger charge is -2.14. The van der Waals surface area contributed by atoms with Crippen molar-refractivity contribution in [1.82, 2.24) is 0 Å². The molecular weight excluding hydrogens is 186 g/mol. The highest BCUT2D eigenvalue weighted by atomic mass is 35.5. The lowest BCUT2D eigenvalue weighted by atomic mass is 9.96. The van der Waals surface area contributed by atoms with Crippen LogP contribution in [0.5, 0.6) is 5.75 Å². The molecule has 0 heterocycles. The van der Waals surface area contributed by atoms with Crippen LogP contribution < -0.4 is 5.73 Å². The Morgan fingerprint density at radius 1 is 1.54 bits per heavy atom. The molecule has 0 spiro atoms. The normalized spacial score (nSPS) is 12.8. The van der Waals surface area contributed by atoms with Crippen LogP contribution in [-0.2, 0) is 0 Å². The van der Waals surface area contributed by atoms with E-state index in [1.807, 2.05) is 6.07 Å². The fourth-order valence-corrected chi connectivity index (χ4v) is 1.69. The largest absolute Gasteiger partial charge is 0.508 e. The summed E-state index contributed by atoms with van der Waals surface area (Å²) >= 11 is 5.97. The summed E-state index contributed by atoms with van der Waals surface area (Å²) in [7, 11) is 0. The third-order valence-corrected chi connectivity index (χ3v) is 2.53. The average Bonchev–Trinajstić information content (AvgIpc) is 2.10. The first-order valence-corrected chi connectivity index (χ1v) is 4.75. The van der Waals surface area contributed by atoms with E-state index in [9.17, 15) is 0 Å².